The summed E-state index contributed by atoms with van der Waals surface area (Å²) in [6.45, 7) is 2.85. The van der Waals surface area contributed by atoms with Gasteiger partial charge in [0.25, 0.3) is 0 Å². The third kappa shape index (κ3) is 9.07. The van der Waals surface area contributed by atoms with E-state index >= 15 is 0 Å². The normalized spacial score (nSPS) is 10.6. The zero-order valence-corrected chi connectivity index (χ0v) is 17.2. The fourth-order valence-electron chi connectivity index (χ4n) is 3.16. The maximum absolute atomic E-state index is 12.1. The maximum atomic E-state index is 12.1. The summed E-state index contributed by atoms with van der Waals surface area (Å²) in [5, 5.41) is 0. The number of hydrogen-bond acceptors (Lipinski definition) is 3. The van der Waals surface area contributed by atoms with E-state index in [0.29, 0.717) is 12.2 Å². The van der Waals surface area contributed by atoms with Gasteiger partial charge in [0.1, 0.15) is 19.0 Å². The van der Waals surface area contributed by atoms with Crippen LogP contribution in [-0.4, -0.2) is 19.2 Å². The van der Waals surface area contributed by atoms with Crippen LogP contribution in [0.3, 0.4) is 0 Å². The van der Waals surface area contributed by atoms with Crippen molar-refractivity contribution in [2.75, 3.05) is 13.2 Å². The molecule has 0 aliphatic heterocycles. The largest absolute Gasteiger partial charge is 0.490 e. The van der Waals surface area contributed by atoms with Crippen LogP contribution in [0.25, 0.3) is 0 Å². The summed E-state index contributed by atoms with van der Waals surface area (Å²) in [6, 6.07) is 17.3. The van der Waals surface area contributed by atoms with Crippen LogP contribution < -0.4 is 4.74 Å². The molecule has 0 atom stereocenters. The minimum absolute atomic E-state index is 0.244. The monoisotopic (exact) mass is 382 g/mol. The SMILES string of the molecule is CCCCCCCCCCc1ccc(C(=O)OCCOc2ccccc2)cc1. The molecule has 0 spiro atoms. The Kier molecular flexibility index (Phi) is 10.9. The van der Waals surface area contributed by atoms with Crippen molar-refractivity contribution in [2.45, 2.75) is 64.7 Å². The van der Waals surface area contributed by atoms with E-state index in [9.17, 15) is 4.79 Å². The molecule has 28 heavy (non-hydrogen) atoms. The van der Waals surface area contributed by atoms with Crippen molar-refractivity contribution in [1.82, 2.24) is 0 Å². The summed E-state index contributed by atoms with van der Waals surface area (Å²) in [5.41, 5.74) is 1.88. The first-order chi connectivity index (χ1) is 13.8. The molecule has 3 heteroatoms. The molecule has 0 saturated heterocycles. The van der Waals surface area contributed by atoms with Crippen molar-refractivity contribution in [1.29, 1.82) is 0 Å². The molecule has 0 aliphatic rings. The number of benzene rings is 2. The first kappa shape index (κ1) is 22.0. The second-order valence-electron chi connectivity index (χ2n) is 7.22. The maximum Gasteiger partial charge on any atom is 0.338 e. The van der Waals surface area contributed by atoms with Crippen molar-refractivity contribution < 1.29 is 14.3 Å². The van der Waals surface area contributed by atoms with Crippen LogP contribution in [0, 0.1) is 0 Å². The van der Waals surface area contributed by atoms with Gasteiger partial charge >= 0.3 is 5.97 Å². The highest BCUT2D eigenvalue weighted by molar-refractivity contribution is 5.89. The summed E-state index contributed by atoms with van der Waals surface area (Å²) in [6.07, 6.45) is 11.7. The molecule has 0 saturated carbocycles. The Morgan fingerprint density at radius 2 is 1.39 bits per heavy atom. The molecule has 2 rings (SSSR count). The topological polar surface area (TPSA) is 35.5 Å². The number of hydrogen-bond donors (Lipinski definition) is 0. The van der Waals surface area contributed by atoms with Crippen molar-refractivity contribution in [3.05, 3.63) is 65.7 Å². The third-order valence-corrected chi connectivity index (χ3v) is 4.84. The highest BCUT2D eigenvalue weighted by Gasteiger charge is 2.07. The van der Waals surface area contributed by atoms with Gasteiger partial charge < -0.3 is 9.47 Å². The van der Waals surface area contributed by atoms with E-state index in [4.69, 9.17) is 9.47 Å². The lowest BCUT2D eigenvalue weighted by Gasteiger charge is -2.08. The van der Waals surface area contributed by atoms with Crippen molar-refractivity contribution >= 4 is 5.97 Å². The van der Waals surface area contributed by atoms with Gasteiger partial charge in [0, 0.05) is 0 Å². The van der Waals surface area contributed by atoms with Gasteiger partial charge in [-0.1, -0.05) is 82.2 Å². The van der Waals surface area contributed by atoms with Gasteiger partial charge in [0.15, 0.2) is 0 Å². The molecule has 0 fully saturated rings. The molecule has 0 radical (unpaired) electrons. The van der Waals surface area contributed by atoms with Gasteiger partial charge in [0.2, 0.25) is 0 Å². The zero-order valence-electron chi connectivity index (χ0n) is 17.2. The smallest absolute Gasteiger partial charge is 0.338 e. The Morgan fingerprint density at radius 3 is 2.07 bits per heavy atom. The van der Waals surface area contributed by atoms with E-state index in [0.717, 1.165) is 12.2 Å². The molecule has 3 nitrogen and oxygen atoms in total. The van der Waals surface area contributed by atoms with Gasteiger partial charge in [-0.05, 0) is 42.7 Å². The number of carbonyl (C=O) groups is 1. The molecule has 152 valence electrons. The van der Waals surface area contributed by atoms with Crippen LogP contribution in [0.15, 0.2) is 54.6 Å². The van der Waals surface area contributed by atoms with E-state index in [1.165, 1.54) is 56.9 Å². The number of carbonyl (C=O) groups excluding carboxylic acids is 1. The van der Waals surface area contributed by atoms with Crippen LogP contribution >= 0.6 is 0 Å². The fourth-order valence-corrected chi connectivity index (χ4v) is 3.16. The van der Waals surface area contributed by atoms with E-state index in [1.54, 1.807) is 0 Å². The number of unbranched alkanes of at least 4 members (excludes halogenated alkanes) is 7. The standard InChI is InChI=1S/C25H34O3/c1-2-3-4-5-6-7-8-10-13-22-16-18-23(19-17-22)25(26)28-21-20-27-24-14-11-9-12-15-24/h9,11-12,14-19H,2-8,10,13,20-21H2,1H3. The average Bonchev–Trinajstić information content (AvgIpc) is 2.74. The molecular weight excluding hydrogens is 348 g/mol. The predicted octanol–water partition coefficient (Wildman–Crippen LogP) is 6.61. The lowest BCUT2D eigenvalue weighted by atomic mass is 10.0. The third-order valence-electron chi connectivity index (χ3n) is 4.84. The summed E-state index contributed by atoms with van der Waals surface area (Å²) in [7, 11) is 0. The van der Waals surface area contributed by atoms with Gasteiger partial charge in [-0.15, -0.1) is 0 Å². The van der Waals surface area contributed by atoms with Crippen molar-refractivity contribution in [2.24, 2.45) is 0 Å². The van der Waals surface area contributed by atoms with Gasteiger partial charge in [0.05, 0.1) is 5.56 Å². The van der Waals surface area contributed by atoms with E-state index in [1.807, 2.05) is 54.6 Å². The van der Waals surface area contributed by atoms with Gasteiger partial charge in [-0.3, -0.25) is 0 Å². The number of rotatable bonds is 14. The lowest BCUT2D eigenvalue weighted by Crippen LogP contribution is -2.12. The first-order valence-corrected chi connectivity index (χ1v) is 10.7. The molecule has 0 N–H and O–H groups in total. The van der Waals surface area contributed by atoms with Crippen LogP contribution in [0.2, 0.25) is 0 Å². The molecule has 0 bridgehead atoms. The molecule has 0 amide bonds. The highest BCUT2D eigenvalue weighted by Crippen LogP contribution is 2.13. The molecule has 0 heterocycles. The van der Waals surface area contributed by atoms with Crippen molar-refractivity contribution in [3.63, 3.8) is 0 Å². The summed E-state index contributed by atoms with van der Waals surface area (Å²) >= 11 is 0. The second-order valence-corrected chi connectivity index (χ2v) is 7.22. The molecule has 2 aromatic rings. The van der Waals surface area contributed by atoms with Crippen molar-refractivity contribution in [3.8, 4) is 5.75 Å². The van der Waals surface area contributed by atoms with Crippen LogP contribution in [-0.2, 0) is 11.2 Å². The Bertz CT molecular complexity index is 649. The van der Waals surface area contributed by atoms with Crippen LogP contribution in [0.4, 0.5) is 0 Å². The molecule has 0 aliphatic carbocycles. The fraction of sp³-hybridized carbons (Fsp3) is 0.480. The van der Waals surface area contributed by atoms with Gasteiger partial charge in [-0.2, -0.15) is 0 Å². The predicted molar refractivity (Wildman–Crippen MR) is 115 cm³/mol. The number of esters is 1. The molecular formula is C25H34O3. The van der Waals surface area contributed by atoms with E-state index < -0.39 is 0 Å². The summed E-state index contributed by atoms with van der Waals surface area (Å²) < 4.78 is 10.8. The Morgan fingerprint density at radius 1 is 0.750 bits per heavy atom. The Balaban J connectivity index is 1.57. The second kappa shape index (κ2) is 13.8. The number of aryl methyl sites for hydroxylation is 1. The quantitative estimate of drug-likeness (QED) is 0.272. The van der Waals surface area contributed by atoms with E-state index in [2.05, 4.69) is 6.92 Å². The Labute approximate surface area is 170 Å². The minimum Gasteiger partial charge on any atom is -0.490 e. The first-order valence-electron chi connectivity index (χ1n) is 10.7. The molecule has 0 aromatic heterocycles. The van der Waals surface area contributed by atoms with Crippen LogP contribution in [0.1, 0.15) is 74.2 Å². The Hall–Kier alpha value is -2.29. The summed E-state index contributed by atoms with van der Waals surface area (Å²) in [5.74, 6) is 0.485. The van der Waals surface area contributed by atoms with E-state index in [-0.39, 0.29) is 12.6 Å². The molecule has 0 unspecified atom stereocenters. The van der Waals surface area contributed by atoms with Gasteiger partial charge in [-0.25, -0.2) is 4.79 Å². The number of para-hydroxylation sites is 1. The van der Waals surface area contributed by atoms with Crippen LogP contribution in [0.5, 0.6) is 5.75 Å². The highest BCUT2D eigenvalue weighted by atomic mass is 16.6. The number of ether oxygens (including phenoxy) is 2. The minimum atomic E-state index is -0.296. The molecule has 2 aromatic carbocycles. The lowest BCUT2D eigenvalue weighted by molar-refractivity contribution is 0.0450. The summed E-state index contributed by atoms with van der Waals surface area (Å²) in [4.78, 5) is 12.1. The average molecular weight is 383 g/mol. The zero-order chi connectivity index (χ0) is 19.9.